The van der Waals surface area contributed by atoms with E-state index < -0.39 is 23.0 Å². The lowest BCUT2D eigenvalue weighted by molar-refractivity contribution is 0.0933. The third-order valence-corrected chi connectivity index (χ3v) is 5.45. The summed E-state index contributed by atoms with van der Waals surface area (Å²) in [5.41, 5.74) is 6.24. The molecular formula is C22H24ClF2N5O2S. The Morgan fingerprint density at radius 1 is 1.12 bits per heavy atom. The second-order valence-corrected chi connectivity index (χ2v) is 8.50. The molecular weight excluding hydrogens is 472 g/mol. The van der Waals surface area contributed by atoms with Gasteiger partial charge in [-0.25, -0.2) is 13.8 Å². The molecule has 0 aliphatic heterocycles. The maximum atomic E-state index is 13.9. The summed E-state index contributed by atoms with van der Waals surface area (Å²) in [5.74, 6) is -3.13. The van der Waals surface area contributed by atoms with Gasteiger partial charge in [0.25, 0.3) is 5.91 Å². The largest absolute Gasteiger partial charge is 0.382 e. The van der Waals surface area contributed by atoms with Crippen LogP contribution < -0.4 is 16.4 Å². The van der Waals surface area contributed by atoms with Crippen molar-refractivity contribution < 1.29 is 18.4 Å². The number of rotatable bonds is 8. The summed E-state index contributed by atoms with van der Waals surface area (Å²) in [7, 11) is 3.86. The SMILES string of the molecule is CC(CN(C)C)NC(=O)c1ccc(Nc2nc(N)c(C(=O)c3c(F)cccc3F)s2)cc1.Cl. The first-order valence-electron chi connectivity index (χ1n) is 9.73. The molecule has 176 valence electrons. The van der Waals surface area contributed by atoms with Gasteiger partial charge in [0.15, 0.2) is 5.13 Å². The topological polar surface area (TPSA) is 100 Å². The van der Waals surface area contributed by atoms with Crippen molar-refractivity contribution in [3.8, 4) is 0 Å². The van der Waals surface area contributed by atoms with E-state index in [0.717, 1.165) is 23.5 Å². The van der Waals surface area contributed by atoms with Crippen LogP contribution in [0, 0.1) is 11.6 Å². The first-order valence-corrected chi connectivity index (χ1v) is 10.5. The Kier molecular flexibility index (Phi) is 8.86. The molecule has 1 atom stereocenters. The zero-order valence-corrected chi connectivity index (χ0v) is 19.8. The minimum Gasteiger partial charge on any atom is -0.382 e. The first kappa shape index (κ1) is 26.2. The fraction of sp³-hybridized carbons (Fsp3) is 0.227. The number of anilines is 3. The Labute approximate surface area is 200 Å². The second-order valence-electron chi connectivity index (χ2n) is 7.50. The van der Waals surface area contributed by atoms with Gasteiger partial charge in [0.05, 0.1) is 5.56 Å². The molecule has 3 aromatic rings. The van der Waals surface area contributed by atoms with Crippen LogP contribution in [0.2, 0.25) is 0 Å². The van der Waals surface area contributed by atoms with Gasteiger partial charge in [-0.3, -0.25) is 9.59 Å². The smallest absolute Gasteiger partial charge is 0.251 e. The van der Waals surface area contributed by atoms with Crippen LogP contribution in [-0.4, -0.2) is 48.3 Å². The highest BCUT2D eigenvalue weighted by molar-refractivity contribution is 7.18. The van der Waals surface area contributed by atoms with Gasteiger partial charge in [0.1, 0.15) is 22.3 Å². The maximum absolute atomic E-state index is 13.9. The summed E-state index contributed by atoms with van der Waals surface area (Å²) in [6, 6.07) is 9.84. The number of hydrogen-bond acceptors (Lipinski definition) is 7. The van der Waals surface area contributed by atoms with E-state index >= 15 is 0 Å². The van der Waals surface area contributed by atoms with Crippen LogP contribution in [0.1, 0.15) is 32.5 Å². The normalized spacial score (nSPS) is 11.6. The molecule has 4 N–H and O–H groups in total. The lowest BCUT2D eigenvalue weighted by Crippen LogP contribution is -2.39. The highest BCUT2D eigenvalue weighted by atomic mass is 35.5. The first-order chi connectivity index (χ1) is 15.2. The van der Waals surface area contributed by atoms with Crippen molar-refractivity contribution in [1.29, 1.82) is 0 Å². The minimum absolute atomic E-state index is 0. The lowest BCUT2D eigenvalue weighted by Gasteiger charge is -2.18. The number of likely N-dealkylation sites (N-methyl/N-ethyl adjacent to an activating group) is 1. The predicted molar refractivity (Wildman–Crippen MR) is 129 cm³/mol. The second kappa shape index (κ2) is 11.2. The molecule has 1 amide bonds. The van der Waals surface area contributed by atoms with Crippen LogP contribution in [0.5, 0.6) is 0 Å². The molecule has 0 bridgehead atoms. The van der Waals surface area contributed by atoms with Crippen molar-refractivity contribution in [2.45, 2.75) is 13.0 Å². The molecule has 1 aromatic heterocycles. The van der Waals surface area contributed by atoms with Crippen molar-refractivity contribution >= 4 is 52.1 Å². The summed E-state index contributed by atoms with van der Waals surface area (Å²) < 4.78 is 27.9. The molecule has 0 saturated carbocycles. The Balaban J connectivity index is 0.00000385. The van der Waals surface area contributed by atoms with E-state index in [0.29, 0.717) is 17.8 Å². The number of hydrogen-bond donors (Lipinski definition) is 3. The molecule has 33 heavy (non-hydrogen) atoms. The Morgan fingerprint density at radius 3 is 2.30 bits per heavy atom. The fourth-order valence-electron chi connectivity index (χ4n) is 3.11. The molecule has 0 spiro atoms. The average molecular weight is 496 g/mol. The summed E-state index contributed by atoms with van der Waals surface area (Å²) in [5, 5.41) is 6.18. The van der Waals surface area contributed by atoms with Gasteiger partial charge in [-0.15, -0.1) is 12.4 Å². The number of thiazole rings is 1. The summed E-state index contributed by atoms with van der Waals surface area (Å²) in [4.78, 5) is 30.9. The van der Waals surface area contributed by atoms with Crippen LogP contribution in [0.25, 0.3) is 0 Å². The van der Waals surface area contributed by atoms with E-state index in [2.05, 4.69) is 15.6 Å². The number of nitrogens with zero attached hydrogens (tertiary/aromatic N) is 2. The number of nitrogen functional groups attached to an aromatic ring is 1. The van der Waals surface area contributed by atoms with Crippen molar-refractivity contribution in [3.05, 3.63) is 70.1 Å². The maximum Gasteiger partial charge on any atom is 0.251 e. The van der Waals surface area contributed by atoms with Crippen molar-refractivity contribution in [2.24, 2.45) is 0 Å². The quantitative estimate of drug-likeness (QED) is 0.407. The van der Waals surface area contributed by atoms with Gasteiger partial charge >= 0.3 is 0 Å². The standard InChI is InChI=1S/C22H23F2N5O2S.ClH/c1-12(11-29(2)3)26-21(31)13-7-9-14(10-8-13)27-22-28-20(25)19(32-22)18(30)17-15(23)5-4-6-16(17)24;/h4-10,12H,11,25H2,1-3H3,(H,26,31)(H,27,28);1H. The molecule has 11 heteroatoms. The minimum atomic E-state index is -0.967. The van der Waals surface area contributed by atoms with Crippen LogP contribution >= 0.6 is 23.7 Å². The number of nitrogens with two attached hydrogens (primary N) is 1. The van der Waals surface area contributed by atoms with Crippen LogP contribution in [0.4, 0.5) is 25.4 Å². The van der Waals surface area contributed by atoms with Crippen molar-refractivity contribution in [2.75, 3.05) is 31.7 Å². The summed E-state index contributed by atoms with van der Waals surface area (Å²) >= 11 is 0.885. The molecule has 2 aromatic carbocycles. The van der Waals surface area contributed by atoms with Crippen molar-refractivity contribution in [1.82, 2.24) is 15.2 Å². The third-order valence-electron chi connectivity index (χ3n) is 4.46. The van der Waals surface area contributed by atoms with Crippen LogP contribution in [-0.2, 0) is 0 Å². The Morgan fingerprint density at radius 2 is 1.73 bits per heavy atom. The lowest BCUT2D eigenvalue weighted by atomic mass is 10.1. The average Bonchev–Trinajstić information content (AvgIpc) is 3.07. The zero-order chi connectivity index (χ0) is 23.4. The Bertz CT molecular complexity index is 1120. The molecule has 1 heterocycles. The summed E-state index contributed by atoms with van der Waals surface area (Å²) in [6.07, 6.45) is 0. The number of carbonyl (C=O) groups excluding carboxylic acids is 2. The Hall–Kier alpha value is -3.08. The van der Waals surface area contributed by atoms with Crippen molar-refractivity contribution in [3.63, 3.8) is 0 Å². The number of carbonyl (C=O) groups is 2. The van der Waals surface area contributed by atoms with E-state index in [9.17, 15) is 18.4 Å². The van der Waals surface area contributed by atoms with E-state index in [4.69, 9.17) is 5.73 Å². The van der Waals surface area contributed by atoms with E-state index in [1.807, 2.05) is 25.9 Å². The number of halogens is 3. The molecule has 0 aliphatic rings. The molecule has 0 radical (unpaired) electrons. The van der Waals surface area contributed by atoms with Gasteiger partial charge in [0.2, 0.25) is 5.78 Å². The van der Waals surface area contributed by atoms with Crippen LogP contribution in [0.3, 0.4) is 0 Å². The monoisotopic (exact) mass is 495 g/mol. The van der Waals surface area contributed by atoms with Gasteiger partial charge in [-0.2, -0.15) is 0 Å². The highest BCUT2D eigenvalue weighted by Gasteiger charge is 2.24. The number of aromatic nitrogens is 1. The molecule has 0 aliphatic carbocycles. The molecule has 0 saturated heterocycles. The number of benzene rings is 2. The van der Waals surface area contributed by atoms with E-state index in [-0.39, 0.29) is 40.2 Å². The molecule has 3 rings (SSSR count). The number of amides is 1. The van der Waals surface area contributed by atoms with Gasteiger partial charge in [0, 0.05) is 23.8 Å². The molecule has 1 unspecified atom stereocenters. The third kappa shape index (κ3) is 6.47. The molecule has 7 nitrogen and oxygen atoms in total. The fourth-order valence-corrected chi connectivity index (χ4v) is 3.96. The van der Waals surface area contributed by atoms with E-state index in [1.54, 1.807) is 24.3 Å². The number of ketones is 1. The highest BCUT2D eigenvalue weighted by Crippen LogP contribution is 2.31. The van der Waals surface area contributed by atoms with Gasteiger partial charge < -0.3 is 21.3 Å². The zero-order valence-electron chi connectivity index (χ0n) is 18.2. The number of nitrogens with one attached hydrogen (secondary N) is 2. The molecule has 0 fully saturated rings. The predicted octanol–water partition coefficient (Wildman–Crippen LogP) is 4.08. The van der Waals surface area contributed by atoms with Crippen LogP contribution in [0.15, 0.2) is 42.5 Å². The van der Waals surface area contributed by atoms with E-state index in [1.165, 1.54) is 6.07 Å². The van der Waals surface area contributed by atoms with Gasteiger partial charge in [-0.1, -0.05) is 17.4 Å². The van der Waals surface area contributed by atoms with Gasteiger partial charge in [-0.05, 0) is 57.4 Å². The summed E-state index contributed by atoms with van der Waals surface area (Å²) in [6.45, 7) is 2.64.